The first-order valence-electron chi connectivity index (χ1n) is 3.68. The van der Waals surface area contributed by atoms with Gasteiger partial charge in [0.25, 0.3) is 11.7 Å². The second kappa shape index (κ2) is 3.88. The molecule has 1 aromatic rings. The second-order valence-electron chi connectivity index (χ2n) is 2.67. The van der Waals surface area contributed by atoms with Gasteiger partial charge in [0.05, 0.1) is 11.3 Å². The Balaban J connectivity index is 3.44. The average Bonchev–Trinajstić information content (AvgIpc) is 2.01. The molecule has 6 heteroatoms. The summed E-state index contributed by atoms with van der Waals surface area (Å²) in [6.45, 7) is 1.40. The molecule has 0 radical (unpaired) electrons. The minimum Gasteiger partial charge on any atom is -0.384 e. The number of nitrogens with zero attached hydrogens (tertiary/aromatic N) is 1. The van der Waals surface area contributed by atoms with Crippen LogP contribution in [0.3, 0.4) is 0 Å². The highest BCUT2D eigenvalue weighted by Crippen LogP contribution is 2.27. The van der Waals surface area contributed by atoms with Crippen LogP contribution in [0.25, 0.3) is 0 Å². The minimum atomic E-state index is -2.79. The van der Waals surface area contributed by atoms with Crippen LogP contribution >= 0.6 is 11.6 Å². The number of rotatable bonds is 2. The number of aromatic nitrogens is 1. The molecule has 76 valence electrons. The number of carbonyl (C=O) groups excluding carboxylic acids is 1. The van der Waals surface area contributed by atoms with Crippen molar-refractivity contribution in [2.24, 2.45) is 0 Å². The number of halogens is 3. The summed E-state index contributed by atoms with van der Waals surface area (Å²) in [5.74, 6) is -0.0560. The Bertz CT molecular complexity index is 382. The van der Waals surface area contributed by atoms with Crippen molar-refractivity contribution in [1.82, 2.24) is 4.98 Å². The average molecular weight is 221 g/mol. The molecular weight excluding hydrogens is 214 g/mol. The summed E-state index contributed by atoms with van der Waals surface area (Å²) in [5.41, 5.74) is 4.63. The van der Waals surface area contributed by atoms with Crippen molar-refractivity contribution in [3.8, 4) is 0 Å². The molecule has 1 heterocycles. The van der Waals surface area contributed by atoms with Crippen LogP contribution in [0.2, 0.25) is 0 Å². The lowest BCUT2D eigenvalue weighted by atomic mass is 10.1. The molecule has 0 unspecified atom stereocenters. The number of pyridine rings is 1. The SMILES string of the molecule is Cc1nc(N)cc(C(F)F)c1C(=O)Cl. The molecule has 0 aliphatic carbocycles. The number of alkyl halides is 2. The van der Waals surface area contributed by atoms with E-state index in [9.17, 15) is 13.6 Å². The zero-order chi connectivity index (χ0) is 10.9. The highest BCUT2D eigenvalue weighted by Gasteiger charge is 2.20. The summed E-state index contributed by atoms with van der Waals surface area (Å²) < 4.78 is 24.9. The van der Waals surface area contributed by atoms with Gasteiger partial charge in [0.1, 0.15) is 5.82 Å². The standard InChI is InChI=1S/C8H7ClF2N2O/c1-3-6(7(9)14)4(8(10)11)2-5(12)13-3/h2,8H,1H3,(H2,12,13). The molecule has 14 heavy (non-hydrogen) atoms. The predicted octanol–water partition coefficient (Wildman–Crippen LogP) is 2.29. The third kappa shape index (κ3) is 1.98. The van der Waals surface area contributed by atoms with Crippen LogP contribution in [0.15, 0.2) is 6.07 Å². The Morgan fingerprint density at radius 3 is 2.64 bits per heavy atom. The van der Waals surface area contributed by atoms with Gasteiger partial charge >= 0.3 is 0 Å². The number of hydrogen-bond donors (Lipinski definition) is 1. The molecule has 0 saturated carbocycles. The third-order valence-electron chi connectivity index (χ3n) is 1.68. The number of carbonyl (C=O) groups is 1. The molecule has 0 bridgehead atoms. The molecule has 1 aromatic heterocycles. The fourth-order valence-corrected chi connectivity index (χ4v) is 1.40. The van der Waals surface area contributed by atoms with Gasteiger partial charge < -0.3 is 5.73 Å². The predicted molar refractivity (Wildman–Crippen MR) is 48.5 cm³/mol. The molecule has 0 atom stereocenters. The number of aryl methyl sites for hydroxylation is 1. The summed E-state index contributed by atoms with van der Waals surface area (Å²) in [7, 11) is 0. The number of hydrogen-bond acceptors (Lipinski definition) is 3. The lowest BCUT2D eigenvalue weighted by Crippen LogP contribution is -2.06. The smallest absolute Gasteiger partial charge is 0.264 e. The van der Waals surface area contributed by atoms with E-state index in [0.717, 1.165) is 6.07 Å². The Morgan fingerprint density at radius 2 is 2.21 bits per heavy atom. The van der Waals surface area contributed by atoms with E-state index in [0.29, 0.717) is 0 Å². The first kappa shape index (κ1) is 10.8. The maximum absolute atomic E-state index is 12.5. The molecule has 1 rings (SSSR count). The molecule has 0 aliphatic heterocycles. The van der Waals surface area contributed by atoms with E-state index < -0.39 is 17.2 Å². The van der Waals surface area contributed by atoms with Crippen LogP contribution in [-0.4, -0.2) is 10.2 Å². The Hall–Kier alpha value is -1.23. The summed E-state index contributed by atoms with van der Waals surface area (Å²) in [4.78, 5) is 14.5. The number of nitrogens with two attached hydrogens (primary N) is 1. The fourth-order valence-electron chi connectivity index (χ4n) is 1.15. The van der Waals surface area contributed by atoms with Crippen LogP contribution in [-0.2, 0) is 0 Å². The Morgan fingerprint density at radius 1 is 1.64 bits per heavy atom. The van der Waals surface area contributed by atoms with E-state index >= 15 is 0 Å². The summed E-state index contributed by atoms with van der Waals surface area (Å²) in [6, 6.07) is 0.952. The van der Waals surface area contributed by atoms with Crippen molar-refractivity contribution in [2.75, 3.05) is 5.73 Å². The van der Waals surface area contributed by atoms with Crippen LogP contribution < -0.4 is 5.73 Å². The monoisotopic (exact) mass is 220 g/mol. The van der Waals surface area contributed by atoms with Crippen molar-refractivity contribution in [1.29, 1.82) is 0 Å². The van der Waals surface area contributed by atoms with Gasteiger partial charge in [-0.1, -0.05) is 0 Å². The first-order valence-corrected chi connectivity index (χ1v) is 4.06. The van der Waals surface area contributed by atoms with Crippen LogP contribution in [0.1, 0.15) is 28.0 Å². The molecule has 3 nitrogen and oxygen atoms in total. The van der Waals surface area contributed by atoms with Gasteiger partial charge in [0.15, 0.2) is 0 Å². The fraction of sp³-hybridized carbons (Fsp3) is 0.250. The maximum Gasteiger partial charge on any atom is 0.264 e. The van der Waals surface area contributed by atoms with Gasteiger partial charge in [-0.25, -0.2) is 13.8 Å². The quantitative estimate of drug-likeness (QED) is 0.778. The van der Waals surface area contributed by atoms with E-state index in [1.54, 1.807) is 0 Å². The van der Waals surface area contributed by atoms with E-state index in [1.165, 1.54) is 6.92 Å². The zero-order valence-corrected chi connectivity index (χ0v) is 7.98. The Labute approximate surface area is 83.9 Å². The topological polar surface area (TPSA) is 56.0 Å². The van der Waals surface area contributed by atoms with Gasteiger partial charge in [0.2, 0.25) is 0 Å². The summed E-state index contributed by atoms with van der Waals surface area (Å²) >= 11 is 5.16. The molecule has 0 saturated heterocycles. The number of nitrogen functional groups attached to an aromatic ring is 1. The van der Waals surface area contributed by atoms with Crippen LogP contribution in [0.5, 0.6) is 0 Å². The van der Waals surface area contributed by atoms with E-state index in [-0.39, 0.29) is 17.1 Å². The largest absolute Gasteiger partial charge is 0.384 e. The van der Waals surface area contributed by atoms with Gasteiger partial charge in [-0.15, -0.1) is 0 Å². The summed E-state index contributed by atoms with van der Waals surface area (Å²) in [6.07, 6.45) is -2.79. The molecule has 0 amide bonds. The second-order valence-corrected chi connectivity index (χ2v) is 3.01. The van der Waals surface area contributed by atoms with E-state index in [4.69, 9.17) is 17.3 Å². The van der Waals surface area contributed by atoms with Crippen molar-refractivity contribution in [3.05, 3.63) is 22.9 Å². The van der Waals surface area contributed by atoms with Crippen LogP contribution in [0.4, 0.5) is 14.6 Å². The number of anilines is 1. The van der Waals surface area contributed by atoms with Gasteiger partial charge in [-0.05, 0) is 24.6 Å². The normalized spacial score (nSPS) is 10.6. The maximum atomic E-state index is 12.5. The molecule has 0 aromatic carbocycles. The zero-order valence-electron chi connectivity index (χ0n) is 7.22. The van der Waals surface area contributed by atoms with Crippen molar-refractivity contribution in [2.45, 2.75) is 13.3 Å². The molecule has 0 fully saturated rings. The molecule has 2 N–H and O–H groups in total. The molecule has 0 spiro atoms. The third-order valence-corrected chi connectivity index (χ3v) is 1.87. The van der Waals surface area contributed by atoms with Crippen molar-refractivity contribution in [3.63, 3.8) is 0 Å². The van der Waals surface area contributed by atoms with Gasteiger partial charge in [-0.3, -0.25) is 4.79 Å². The van der Waals surface area contributed by atoms with Crippen molar-refractivity contribution >= 4 is 22.7 Å². The lowest BCUT2D eigenvalue weighted by molar-refractivity contribution is 0.106. The summed E-state index contributed by atoms with van der Waals surface area (Å²) in [5, 5.41) is -0.953. The van der Waals surface area contributed by atoms with E-state index in [2.05, 4.69) is 4.98 Å². The molecular formula is C8H7ClF2N2O. The highest BCUT2D eigenvalue weighted by molar-refractivity contribution is 6.68. The minimum absolute atomic E-state index is 0.0560. The van der Waals surface area contributed by atoms with Crippen LogP contribution in [0, 0.1) is 6.92 Å². The van der Waals surface area contributed by atoms with Gasteiger partial charge in [-0.2, -0.15) is 0 Å². The highest BCUT2D eigenvalue weighted by atomic mass is 35.5. The van der Waals surface area contributed by atoms with Crippen molar-refractivity contribution < 1.29 is 13.6 Å². The Kier molecular flexibility index (Phi) is 3.00. The first-order chi connectivity index (χ1) is 6.43. The van der Waals surface area contributed by atoms with Gasteiger partial charge in [0, 0.05) is 5.56 Å². The lowest BCUT2D eigenvalue weighted by Gasteiger charge is -2.08. The molecule has 0 aliphatic rings. The van der Waals surface area contributed by atoms with E-state index in [1.807, 2.05) is 0 Å².